The summed E-state index contributed by atoms with van der Waals surface area (Å²) in [6, 6.07) is 10.8. The molecular formula is C20H17N7O. The van der Waals surface area contributed by atoms with Gasteiger partial charge in [-0.2, -0.15) is 5.10 Å². The number of aryl methyl sites for hydroxylation is 2. The molecule has 0 radical (unpaired) electrons. The lowest BCUT2D eigenvalue weighted by Crippen LogP contribution is -2.18. The third-order valence-electron chi connectivity index (χ3n) is 4.01. The van der Waals surface area contributed by atoms with Crippen LogP contribution in [0.5, 0.6) is 0 Å². The van der Waals surface area contributed by atoms with Crippen molar-refractivity contribution in [1.82, 2.24) is 29.7 Å². The highest BCUT2D eigenvalue weighted by atomic mass is 16.2. The van der Waals surface area contributed by atoms with Crippen LogP contribution < -0.4 is 5.32 Å². The number of pyridine rings is 2. The highest BCUT2D eigenvalue weighted by Crippen LogP contribution is 2.18. The van der Waals surface area contributed by atoms with Crippen LogP contribution in [0.15, 0.2) is 61.2 Å². The summed E-state index contributed by atoms with van der Waals surface area (Å²) in [7, 11) is 0. The molecule has 0 unspecified atom stereocenters. The lowest BCUT2D eigenvalue weighted by molar-refractivity contribution is 0.101. The molecule has 4 rings (SSSR count). The molecule has 0 saturated heterocycles. The largest absolute Gasteiger partial charge is 0.305 e. The van der Waals surface area contributed by atoms with Crippen LogP contribution in [0.2, 0.25) is 0 Å². The van der Waals surface area contributed by atoms with E-state index in [-0.39, 0.29) is 5.91 Å². The Morgan fingerprint density at radius 1 is 1.04 bits per heavy atom. The van der Waals surface area contributed by atoms with Gasteiger partial charge in [-0.1, -0.05) is 0 Å². The first kappa shape index (κ1) is 17.5. The summed E-state index contributed by atoms with van der Waals surface area (Å²) in [5, 5.41) is 7.04. The van der Waals surface area contributed by atoms with Crippen molar-refractivity contribution in [2.75, 3.05) is 5.32 Å². The minimum atomic E-state index is -0.331. The average molecular weight is 371 g/mol. The molecule has 8 nitrogen and oxygen atoms in total. The quantitative estimate of drug-likeness (QED) is 0.592. The smallest absolute Gasteiger partial charge is 0.275 e. The third kappa shape index (κ3) is 3.61. The van der Waals surface area contributed by atoms with Crippen molar-refractivity contribution in [3.05, 3.63) is 78.1 Å². The summed E-state index contributed by atoms with van der Waals surface area (Å²) < 4.78 is 1.53. The van der Waals surface area contributed by atoms with Gasteiger partial charge in [0.05, 0.1) is 18.1 Å². The van der Waals surface area contributed by atoms with E-state index in [1.807, 2.05) is 32.0 Å². The first-order valence-electron chi connectivity index (χ1n) is 8.64. The Hall–Kier alpha value is -3.94. The van der Waals surface area contributed by atoms with Gasteiger partial charge in [0.2, 0.25) is 0 Å². The van der Waals surface area contributed by atoms with Crippen LogP contribution in [0.25, 0.3) is 17.2 Å². The van der Waals surface area contributed by atoms with Crippen molar-refractivity contribution in [1.29, 1.82) is 0 Å². The standard InChI is InChI=1S/C20H17N7O/c1-13-5-8-22-16(10-13)19-24-14(2)11-18(25-19)26-20(28)17-6-9-23-27(17)15-4-3-7-21-12-15/h3-12H,1-2H3,(H,24,25,26,28). The van der Waals surface area contributed by atoms with Crippen LogP contribution in [-0.4, -0.2) is 35.6 Å². The predicted molar refractivity (Wildman–Crippen MR) is 104 cm³/mol. The monoisotopic (exact) mass is 371 g/mol. The second kappa shape index (κ2) is 7.36. The van der Waals surface area contributed by atoms with E-state index in [9.17, 15) is 4.79 Å². The summed E-state index contributed by atoms with van der Waals surface area (Å²) in [6.45, 7) is 3.82. The number of nitrogens with zero attached hydrogens (tertiary/aromatic N) is 6. The molecule has 138 valence electrons. The Morgan fingerprint density at radius 3 is 2.71 bits per heavy atom. The minimum Gasteiger partial charge on any atom is -0.305 e. The molecule has 0 aliphatic rings. The molecule has 4 aromatic heterocycles. The molecule has 0 atom stereocenters. The van der Waals surface area contributed by atoms with Crippen molar-refractivity contribution in [2.24, 2.45) is 0 Å². The third-order valence-corrected chi connectivity index (χ3v) is 4.01. The molecule has 28 heavy (non-hydrogen) atoms. The van der Waals surface area contributed by atoms with Crippen LogP contribution in [0.4, 0.5) is 5.82 Å². The maximum absolute atomic E-state index is 12.8. The second-order valence-electron chi connectivity index (χ2n) is 6.23. The molecule has 4 heterocycles. The van der Waals surface area contributed by atoms with Gasteiger partial charge in [0.15, 0.2) is 5.82 Å². The Bertz CT molecular complexity index is 1140. The highest BCUT2D eigenvalue weighted by Gasteiger charge is 2.15. The fourth-order valence-corrected chi connectivity index (χ4v) is 2.75. The van der Waals surface area contributed by atoms with Crippen molar-refractivity contribution in [3.63, 3.8) is 0 Å². The first-order chi connectivity index (χ1) is 13.6. The Kier molecular flexibility index (Phi) is 4.59. The summed E-state index contributed by atoms with van der Waals surface area (Å²) in [6.07, 6.45) is 6.58. The Labute approximate surface area is 161 Å². The van der Waals surface area contributed by atoms with E-state index in [1.165, 1.54) is 4.68 Å². The van der Waals surface area contributed by atoms with Gasteiger partial charge in [0.25, 0.3) is 5.91 Å². The van der Waals surface area contributed by atoms with Crippen LogP contribution in [-0.2, 0) is 0 Å². The van der Waals surface area contributed by atoms with Crippen LogP contribution in [0, 0.1) is 13.8 Å². The van der Waals surface area contributed by atoms with Crippen LogP contribution in [0.3, 0.4) is 0 Å². The zero-order chi connectivity index (χ0) is 19.5. The highest BCUT2D eigenvalue weighted by molar-refractivity contribution is 6.03. The summed E-state index contributed by atoms with van der Waals surface area (Å²) in [5.74, 6) is 0.525. The topological polar surface area (TPSA) is 98.5 Å². The van der Waals surface area contributed by atoms with Gasteiger partial charge in [0.1, 0.15) is 17.2 Å². The first-order valence-corrected chi connectivity index (χ1v) is 8.64. The molecule has 0 aliphatic heterocycles. The fourth-order valence-electron chi connectivity index (χ4n) is 2.75. The van der Waals surface area contributed by atoms with Gasteiger partial charge in [-0.05, 0) is 49.7 Å². The molecule has 0 aromatic carbocycles. The minimum absolute atomic E-state index is 0.331. The molecule has 0 bridgehead atoms. The van der Waals surface area contributed by atoms with E-state index in [0.717, 1.165) is 11.3 Å². The number of nitrogens with one attached hydrogen (secondary N) is 1. The summed E-state index contributed by atoms with van der Waals surface area (Å²) >= 11 is 0. The lowest BCUT2D eigenvalue weighted by atomic mass is 10.2. The lowest BCUT2D eigenvalue weighted by Gasteiger charge is -2.09. The fraction of sp³-hybridized carbons (Fsp3) is 0.100. The Morgan fingerprint density at radius 2 is 1.93 bits per heavy atom. The van der Waals surface area contributed by atoms with Crippen LogP contribution >= 0.6 is 0 Å². The summed E-state index contributed by atoms with van der Waals surface area (Å²) in [5.41, 5.74) is 3.51. The van der Waals surface area contributed by atoms with E-state index in [4.69, 9.17) is 0 Å². The van der Waals surface area contributed by atoms with Gasteiger partial charge >= 0.3 is 0 Å². The van der Waals surface area contributed by atoms with Crippen molar-refractivity contribution < 1.29 is 4.79 Å². The van der Waals surface area contributed by atoms with Gasteiger partial charge in [-0.3, -0.25) is 14.8 Å². The maximum atomic E-state index is 12.8. The number of amides is 1. The van der Waals surface area contributed by atoms with Gasteiger partial charge in [-0.25, -0.2) is 14.6 Å². The second-order valence-corrected chi connectivity index (χ2v) is 6.23. The molecule has 4 aromatic rings. The normalized spacial score (nSPS) is 10.6. The van der Waals surface area contributed by atoms with E-state index < -0.39 is 0 Å². The summed E-state index contributed by atoms with van der Waals surface area (Å²) in [4.78, 5) is 30.1. The molecule has 0 fully saturated rings. The van der Waals surface area contributed by atoms with E-state index in [2.05, 4.69) is 30.4 Å². The number of hydrogen-bond donors (Lipinski definition) is 1. The Balaban J connectivity index is 1.64. The maximum Gasteiger partial charge on any atom is 0.275 e. The molecule has 0 spiro atoms. The molecule has 0 aliphatic carbocycles. The molecule has 1 amide bonds. The van der Waals surface area contributed by atoms with Gasteiger partial charge < -0.3 is 5.32 Å². The zero-order valence-electron chi connectivity index (χ0n) is 15.4. The number of carbonyl (C=O) groups excluding carboxylic acids is 1. The van der Waals surface area contributed by atoms with Gasteiger partial charge in [0, 0.05) is 24.2 Å². The van der Waals surface area contributed by atoms with Crippen molar-refractivity contribution in [2.45, 2.75) is 13.8 Å². The van der Waals surface area contributed by atoms with E-state index in [1.54, 1.807) is 43.0 Å². The average Bonchev–Trinajstić information content (AvgIpc) is 3.18. The number of aromatic nitrogens is 6. The van der Waals surface area contributed by atoms with E-state index in [0.29, 0.717) is 28.7 Å². The molecule has 8 heteroatoms. The van der Waals surface area contributed by atoms with Crippen molar-refractivity contribution in [3.8, 4) is 17.2 Å². The predicted octanol–water partition coefficient (Wildman–Crippen LogP) is 2.99. The molecule has 1 N–H and O–H groups in total. The number of rotatable bonds is 4. The van der Waals surface area contributed by atoms with Crippen molar-refractivity contribution >= 4 is 11.7 Å². The van der Waals surface area contributed by atoms with Crippen LogP contribution in [0.1, 0.15) is 21.7 Å². The zero-order valence-corrected chi connectivity index (χ0v) is 15.4. The number of hydrogen-bond acceptors (Lipinski definition) is 6. The molecular weight excluding hydrogens is 354 g/mol. The van der Waals surface area contributed by atoms with E-state index >= 15 is 0 Å². The SMILES string of the molecule is Cc1ccnc(-c2nc(C)cc(NC(=O)c3ccnn3-c3cccnc3)n2)c1. The number of carbonyl (C=O) groups is 1. The number of anilines is 1. The van der Waals surface area contributed by atoms with Gasteiger partial charge in [-0.15, -0.1) is 0 Å². The molecule has 0 saturated carbocycles.